The normalized spacial score (nSPS) is 12.8. The highest BCUT2D eigenvalue weighted by molar-refractivity contribution is 8.15. The number of hydrogen-bond acceptors (Lipinski definition) is 1. The first-order valence-corrected chi connectivity index (χ1v) is 7.53. The van der Waals surface area contributed by atoms with Gasteiger partial charge in [-0.1, -0.05) is 48.5 Å². The van der Waals surface area contributed by atoms with Crippen molar-refractivity contribution in [3.05, 3.63) is 65.7 Å². The maximum Gasteiger partial charge on any atom is 0.0994 e. The van der Waals surface area contributed by atoms with Gasteiger partial charge >= 0.3 is 0 Å². The van der Waals surface area contributed by atoms with Crippen molar-refractivity contribution in [1.82, 2.24) is 0 Å². The second-order valence-corrected chi connectivity index (χ2v) is 6.19. The summed E-state index contributed by atoms with van der Waals surface area (Å²) in [5, 5.41) is 9.06. The molecule has 0 bridgehead atoms. The molecule has 86 valence electrons. The Kier molecular flexibility index (Phi) is 3.85. The van der Waals surface area contributed by atoms with Crippen LogP contribution in [0.2, 0.25) is 0 Å². The van der Waals surface area contributed by atoms with Crippen LogP contribution in [-0.2, 0) is 5.75 Å². The maximum atomic E-state index is 9.06. The molecular formula is C15H15NS. The first kappa shape index (κ1) is 11.8. The second kappa shape index (κ2) is 5.56. The molecule has 0 aromatic heterocycles. The summed E-state index contributed by atoms with van der Waals surface area (Å²) in [5.41, 5.74) is 1.96. The molecule has 0 aliphatic carbocycles. The summed E-state index contributed by atoms with van der Waals surface area (Å²) in [6.07, 6.45) is 2.26. The SMILES string of the molecule is C[SH](Cc1ccccc1C#N)c1ccccc1. The number of hydrogen-bond donors (Lipinski definition) is 1. The summed E-state index contributed by atoms with van der Waals surface area (Å²) in [5.74, 6) is 0.975. The number of thiol groups is 1. The molecule has 0 fully saturated rings. The van der Waals surface area contributed by atoms with Gasteiger partial charge in [0.15, 0.2) is 0 Å². The summed E-state index contributed by atoms with van der Waals surface area (Å²) in [7, 11) is -0.225. The van der Waals surface area contributed by atoms with Gasteiger partial charge in [-0.25, -0.2) is 10.9 Å². The van der Waals surface area contributed by atoms with E-state index >= 15 is 0 Å². The van der Waals surface area contributed by atoms with Crippen LogP contribution < -0.4 is 0 Å². The number of benzene rings is 2. The van der Waals surface area contributed by atoms with Crippen LogP contribution >= 0.6 is 10.9 Å². The third-order valence-electron chi connectivity index (χ3n) is 2.74. The lowest BCUT2D eigenvalue weighted by atomic mass is 10.1. The molecule has 0 heterocycles. The molecule has 2 aromatic rings. The van der Waals surface area contributed by atoms with Gasteiger partial charge in [0.2, 0.25) is 0 Å². The van der Waals surface area contributed by atoms with Crippen molar-refractivity contribution < 1.29 is 0 Å². The highest BCUT2D eigenvalue weighted by atomic mass is 32.2. The Bertz CT molecular complexity index is 528. The van der Waals surface area contributed by atoms with Gasteiger partial charge < -0.3 is 0 Å². The predicted molar refractivity (Wildman–Crippen MR) is 74.5 cm³/mol. The first-order chi connectivity index (χ1) is 8.31. The number of rotatable bonds is 3. The fourth-order valence-corrected chi connectivity index (χ4v) is 3.45. The topological polar surface area (TPSA) is 23.8 Å². The molecule has 1 nitrogen and oxygen atoms in total. The van der Waals surface area contributed by atoms with Gasteiger partial charge in [0, 0.05) is 5.75 Å². The van der Waals surface area contributed by atoms with E-state index in [1.165, 1.54) is 4.90 Å². The van der Waals surface area contributed by atoms with E-state index in [1.807, 2.05) is 24.3 Å². The van der Waals surface area contributed by atoms with Crippen LogP contribution in [-0.4, -0.2) is 6.26 Å². The minimum absolute atomic E-state index is 0.225. The molecular weight excluding hydrogens is 226 g/mol. The summed E-state index contributed by atoms with van der Waals surface area (Å²) in [6.45, 7) is 0. The Labute approximate surface area is 105 Å². The van der Waals surface area contributed by atoms with Gasteiger partial charge in [0.1, 0.15) is 0 Å². The highest BCUT2D eigenvalue weighted by Crippen LogP contribution is 2.36. The quantitative estimate of drug-likeness (QED) is 0.813. The van der Waals surface area contributed by atoms with Gasteiger partial charge in [0.05, 0.1) is 11.6 Å². The van der Waals surface area contributed by atoms with Gasteiger partial charge in [-0.3, -0.25) is 0 Å². The second-order valence-electron chi connectivity index (χ2n) is 3.96. The lowest BCUT2D eigenvalue weighted by molar-refractivity contribution is 1.33. The maximum absolute atomic E-state index is 9.06. The van der Waals surface area contributed by atoms with E-state index in [2.05, 4.69) is 42.7 Å². The zero-order valence-corrected chi connectivity index (χ0v) is 10.7. The standard InChI is InChI=1S/C15H15NS/c1-17(15-9-3-2-4-10-15)12-14-8-6-5-7-13(14)11-16/h2-10,17H,12H2,1H3. The van der Waals surface area contributed by atoms with Crippen molar-refractivity contribution in [3.8, 4) is 6.07 Å². The fourth-order valence-electron chi connectivity index (χ4n) is 1.80. The van der Waals surface area contributed by atoms with E-state index in [0.717, 1.165) is 16.9 Å². The van der Waals surface area contributed by atoms with E-state index in [9.17, 15) is 0 Å². The van der Waals surface area contributed by atoms with Crippen molar-refractivity contribution >= 4 is 10.9 Å². The van der Waals surface area contributed by atoms with Crippen LogP contribution in [0.25, 0.3) is 0 Å². The Morgan fingerprint density at radius 1 is 1.00 bits per heavy atom. The zero-order valence-electron chi connectivity index (χ0n) is 9.80. The molecule has 2 aromatic carbocycles. The summed E-state index contributed by atoms with van der Waals surface area (Å²) < 4.78 is 0. The van der Waals surface area contributed by atoms with E-state index in [0.29, 0.717) is 0 Å². The van der Waals surface area contributed by atoms with Crippen LogP contribution in [0.5, 0.6) is 0 Å². The first-order valence-electron chi connectivity index (χ1n) is 5.55. The minimum Gasteiger partial charge on any atom is -0.226 e. The minimum atomic E-state index is -0.225. The Morgan fingerprint density at radius 3 is 2.35 bits per heavy atom. The van der Waals surface area contributed by atoms with Gasteiger partial charge in [-0.15, -0.1) is 0 Å². The van der Waals surface area contributed by atoms with Crippen molar-refractivity contribution in [3.63, 3.8) is 0 Å². The molecule has 1 unspecified atom stereocenters. The molecule has 2 rings (SSSR count). The molecule has 0 saturated carbocycles. The average Bonchev–Trinajstić information content (AvgIpc) is 2.40. The number of nitrogens with zero attached hydrogens (tertiary/aromatic N) is 1. The highest BCUT2D eigenvalue weighted by Gasteiger charge is 2.05. The van der Waals surface area contributed by atoms with E-state index in [-0.39, 0.29) is 10.9 Å². The molecule has 0 aliphatic rings. The van der Waals surface area contributed by atoms with E-state index in [4.69, 9.17) is 5.26 Å². The van der Waals surface area contributed by atoms with E-state index in [1.54, 1.807) is 0 Å². The van der Waals surface area contributed by atoms with Crippen molar-refractivity contribution in [2.75, 3.05) is 6.26 Å². The molecule has 0 N–H and O–H groups in total. The predicted octanol–water partition coefficient (Wildman–Crippen LogP) is 3.75. The molecule has 0 spiro atoms. The molecule has 0 amide bonds. The van der Waals surface area contributed by atoms with Crippen LogP contribution in [0.15, 0.2) is 59.5 Å². The third kappa shape index (κ3) is 2.89. The number of nitriles is 1. The molecule has 0 aliphatic heterocycles. The molecule has 17 heavy (non-hydrogen) atoms. The summed E-state index contributed by atoms with van der Waals surface area (Å²) in [6, 6.07) is 20.7. The third-order valence-corrected chi connectivity index (χ3v) is 4.74. The van der Waals surface area contributed by atoms with Gasteiger partial charge in [0.25, 0.3) is 0 Å². The Balaban J connectivity index is 2.19. The average molecular weight is 241 g/mol. The summed E-state index contributed by atoms with van der Waals surface area (Å²) in [4.78, 5) is 1.38. The van der Waals surface area contributed by atoms with Crippen LogP contribution in [0.3, 0.4) is 0 Å². The van der Waals surface area contributed by atoms with Crippen molar-refractivity contribution in [1.29, 1.82) is 5.26 Å². The Morgan fingerprint density at radius 2 is 1.65 bits per heavy atom. The Hall–Kier alpha value is -1.72. The largest absolute Gasteiger partial charge is 0.226 e. The lowest BCUT2D eigenvalue weighted by Gasteiger charge is -2.17. The molecule has 2 heteroatoms. The van der Waals surface area contributed by atoms with Crippen LogP contribution in [0.4, 0.5) is 0 Å². The molecule has 0 radical (unpaired) electrons. The van der Waals surface area contributed by atoms with Crippen LogP contribution in [0.1, 0.15) is 11.1 Å². The molecule has 0 saturated heterocycles. The van der Waals surface area contributed by atoms with Gasteiger partial charge in [-0.05, 0) is 22.8 Å². The smallest absolute Gasteiger partial charge is 0.0994 e. The fraction of sp³-hybridized carbons (Fsp3) is 0.133. The zero-order chi connectivity index (χ0) is 12.1. The molecule has 1 atom stereocenters. The van der Waals surface area contributed by atoms with Crippen molar-refractivity contribution in [2.24, 2.45) is 0 Å². The van der Waals surface area contributed by atoms with E-state index < -0.39 is 0 Å². The van der Waals surface area contributed by atoms with Crippen molar-refractivity contribution in [2.45, 2.75) is 10.6 Å². The van der Waals surface area contributed by atoms with Crippen LogP contribution in [0, 0.1) is 11.3 Å². The monoisotopic (exact) mass is 241 g/mol. The lowest BCUT2D eigenvalue weighted by Crippen LogP contribution is -1.91. The van der Waals surface area contributed by atoms with Gasteiger partial charge in [-0.2, -0.15) is 5.26 Å². The summed E-state index contributed by atoms with van der Waals surface area (Å²) >= 11 is 0.